The number of nitrogens with one attached hydrogen (secondary N) is 2. The van der Waals surface area contributed by atoms with E-state index in [1.165, 1.54) is 0 Å². The highest BCUT2D eigenvalue weighted by molar-refractivity contribution is 5.88. The zero-order valence-electron chi connectivity index (χ0n) is 11.2. The van der Waals surface area contributed by atoms with Gasteiger partial charge in [-0.05, 0) is 13.3 Å². The lowest BCUT2D eigenvalue weighted by Crippen LogP contribution is -2.59. The average molecular weight is 257 g/mol. The summed E-state index contributed by atoms with van der Waals surface area (Å²) < 4.78 is 5.20. The monoisotopic (exact) mass is 257 g/mol. The van der Waals surface area contributed by atoms with Gasteiger partial charge in [0.05, 0.1) is 0 Å². The van der Waals surface area contributed by atoms with Gasteiger partial charge in [-0.25, -0.2) is 0 Å². The fourth-order valence-corrected chi connectivity index (χ4v) is 2.02. The van der Waals surface area contributed by atoms with Crippen LogP contribution in [0.4, 0.5) is 0 Å². The van der Waals surface area contributed by atoms with Gasteiger partial charge in [0, 0.05) is 46.3 Å². The Kier molecular flexibility index (Phi) is 6.67. The fraction of sp³-hybridized carbons (Fsp3) is 0.833. The number of carbonyl (C=O) groups excluding carboxylic acids is 2. The minimum Gasteiger partial charge on any atom is -0.382 e. The number of amides is 2. The van der Waals surface area contributed by atoms with E-state index < -0.39 is 0 Å². The summed E-state index contributed by atoms with van der Waals surface area (Å²) in [5.74, 6) is -0.0786. The van der Waals surface area contributed by atoms with E-state index in [2.05, 4.69) is 10.6 Å². The van der Waals surface area contributed by atoms with Crippen molar-refractivity contribution >= 4 is 11.8 Å². The largest absolute Gasteiger partial charge is 0.382 e. The quantitative estimate of drug-likeness (QED) is 0.620. The van der Waals surface area contributed by atoms with Crippen molar-refractivity contribution in [2.45, 2.75) is 25.8 Å². The van der Waals surface area contributed by atoms with Gasteiger partial charge >= 0.3 is 0 Å². The molecule has 1 saturated heterocycles. The van der Waals surface area contributed by atoms with Crippen molar-refractivity contribution in [1.82, 2.24) is 15.5 Å². The van der Waals surface area contributed by atoms with E-state index in [9.17, 15) is 9.59 Å². The summed E-state index contributed by atoms with van der Waals surface area (Å²) in [4.78, 5) is 25.4. The molecule has 0 radical (unpaired) electrons. The summed E-state index contributed by atoms with van der Waals surface area (Å²) in [5.41, 5.74) is 0. The first-order chi connectivity index (χ1) is 8.70. The van der Waals surface area contributed by atoms with Crippen LogP contribution in [0.1, 0.15) is 19.8 Å². The molecule has 0 aromatic carbocycles. The van der Waals surface area contributed by atoms with Gasteiger partial charge < -0.3 is 20.3 Å². The van der Waals surface area contributed by atoms with Crippen LogP contribution < -0.4 is 10.6 Å². The van der Waals surface area contributed by atoms with Gasteiger partial charge in [0.25, 0.3) is 0 Å². The number of carbonyl (C=O) groups is 2. The Morgan fingerprint density at radius 3 is 2.94 bits per heavy atom. The van der Waals surface area contributed by atoms with Crippen LogP contribution in [0.25, 0.3) is 0 Å². The molecular formula is C12H23N3O3. The second kappa shape index (κ2) is 8.05. The molecule has 1 unspecified atom stereocenters. The molecule has 6 nitrogen and oxygen atoms in total. The van der Waals surface area contributed by atoms with E-state index in [4.69, 9.17) is 4.74 Å². The van der Waals surface area contributed by atoms with E-state index in [1.807, 2.05) is 6.92 Å². The summed E-state index contributed by atoms with van der Waals surface area (Å²) in [7, 11) is 1.59. The average Bonchev–Trinajstić information content (AvgIpc) is 2.42. The summed E-state index contributed by atoms with van der Waals surface area (Å²) in [6.45, 7) is 5.05. The highest BCUT2D eigenvalue weighted by atomic mass is 16.5. The molecule has 0 aromatic rings. The van der Waals surface area contributed by atoms with Crippen LogP contribution in [0, 0.1) is 0 Å². The number of rotatable bonds is 6. The van der Waals surface area contributed by atoms with Gasteiger partial charge in [0.2, 0.25) is 11.8 Å². The molecule has 104 valence electrons. The molecule has 1 aliphatic rings. The summed E-state index contributed by atoms with van der Waals surface area (Å²) in [5, 5.41) is 5.73. The Balaban J connectivity index is 2.44. The Morgan fingerprint density at radius 1 is 1.50 bits per heavy atom. The maximum Gasteiger partial charge on any atom is 0.243 e. The van der Waals surface area contributed by atoms with Gasteiger partial charge in [-0.15, -0.1) is 0 Å². The first-order valence-electron chi connectivity index (χ1n) is 6.50. The highest BCUT2D eigenvalue weighted by Crippen LogP contribution is 2.07. The normalized spacial score (nSPS) is 19.7. The molecule has 0 aromatic heterocycles. The second-order valence-electron chi connectivity index (χ2n) is 4.22. The van der Waals surface area contributed by atoms with Gasteiger partial charge in [0.15, 0.2) is 0 Å². The van der Waals surface area contributed by atoms with Crippen LogP contribution in [0.3, 0.4) is 0 Å². The predicted octanol–water partition coefficient (Wildman–Crippen LogP) is -0.650. The molecule has 18 heavy (non-hydrogen) atoms. The molecule has 1 atom stereocenters. The number of piperazine rings is 1. The lowest BCUT2D eigenvalue weighted by Gasteiger charge is -2.35. The van der Waals surface area contributed by atoms with Crippen LogP contribution in [-0.2, 0) is 14.3 Å². The molecule has 0 bridgehead atoms. The van der Waals surface area contributed by atoms with Crippen molar-refractivity contribution in [2.24, 2.45) is 0 Å². The van der Waals surface area contributed by atoms with Crippen molar-refractivity contribution in [1.29, 1.82) is 0 Å². The molecule has 2 amide bonds. The number of ether oxygens (including phenoxy) is 1. The Morgan fingerprint density at radius 2 is 2.28 bits per heavy atom. The fourth-order valence-electron chi connectivity index (χ4n) is 2.02. The smallest absolute Gasteiger partial charge is 0.243 e. The molecule has 6 heteroatoms. The number of hydrogen-bond donors (Lipinski definition) is 2. The third-order valence-corrected chi connectivity index (χ3v) is 3.00. The summed E-state index contributed by atoms with van der Waals surface area (Å²) in [6, 6.07) is -0.386. The third-order valence-electron chi connectivity index (χ3n) is 3.00. The van der Waals surface area contributed by atoms with Crippen LogP contribution in [0.15, 0.2) is 0 Å². The van der Waals surface area contributed by atoms with E-state index in [1.54, 1.807) is 11.9 Å². The van der Waals surface area contributed by atoms with E-state index in [0.29, 0.717) is 39.1 Å². The first kappa shape index (κ1) is 14.9. The maximum atomic E-state index is 12.1. The van der Waals surface area contributed by atoms with Crippen LogP contribution in [0.2, 0.25) is 0 Å². The minimum absolute atomic E-state index is 0.0322. The van der Waals surface area contributed by atoms with Gasteiger partial charge in [-0.2, -0.15) is 0 Å². The molecule has 0 saturated carbocycles. The highest BCUT2D eigenvalue weighted by Gasteiger charge is 2.30. The number of hydrogen-bond acceptors (Lipinski definition) is 4. The van der Waals surface area contributed by atoms with Crippen molar-refractivity contribution in [3.8, 4) is 0 Å². The predicted molar refractivity (Wildman–Crippen MR) is 68.2 cm³/mol. The van der Waals surface area contributed by atoms with Gasteiger partial charge in [-0.1, -0.05) is 0 Å². The lowest BCUT2D eigenvalue weighted by molar-refractivity contribution is -0.141. The van der Waals surface area contributed by atoms with Crippen molar-refractivity contribution < 1.29 is 14.3 Å². The van der Waals surface area contributed by atoms with Gasteiger partial charge in [0.1, 0.15) is 6.04 Å². The summed E-state index contributed by atoms with van der Waals surface area (Å²) in [6.07, 6.45) is 1.14. The van der Waals surface area contributed by atoms with E-state index >= 15 is 0 Å². The topological polar surface area (TPSA) is 70.7 Å². The summed E-state index contributed by atoms with van der Waals surface area (Å²) >= 11 is 0. The molecule has 0 spiro atoms. The Bertz CT molecular complexity index is 284. The molecule has 1 fully saturated rings. The maximum absolute atomic E-state index is 12.1. The molecule has 0 aliphatic carbocycles. The van der Waals surface area contributed by atoms with Crippen LogP contribution in [0.5, 0.6) is 0 Å². The standard InChI is InChI=1S/C12H23N3O3/c1-3-18-8-4-5-11(16)15-7-6-14-9-10(15)12(17)13-2/h10,14H,3-9H2,1-2H3,(H,13,17). The molecule has 2 N–H and O–H groups in total. The molecule has 1 heterocycles. The van der Waals surface area contributed by atoms with Crippen molar-refractivity contribution in [3.05, 3.63) is 0 Å². The molecular weight excluding hydrogens is 234 g/mol. The van der Waals surface area contributed by atoms with Crippen molar-refractivity contribution in [2.75, 3.05) is 39.9 Å². The van der Waals surface area contributed by atoms with Gasteiger partial charge in [-0.3, -0.25) is 9.59 Å². The van der Waals surface area contributed by atoms with E-state index in [-0.39, 0.29) is 17.9 Å². The zero-order chi connectivity index (χ0) is 13.4. The number of nitrogens with zero attached hydrogens (tertiary/aromatic N) is 1. The van der Waals surface area contributed by atoms with Crippen molar-refractivity contribution in [3.63, 3.8) is 0 Å². The van der Waals surface area contributed by atoms with E-state index in [0.717, 1.165) is 6.54 Å². The Hall–Kier alpha value is -1.14. The third kappa shape index (κ3) is 4.27. The second-order valence-corrected chi connectivity index (χ2v) is 4.22. The Labute approximate surface area is 108 Å². The minimum atomic E-state index is -0.386. The lowest BCUT2D eigenvalue weighted by atomic mass is 10.1. The van der Waals surface area contributed by atoms with Crippen LogP contribution in [-0.4, -0.2) is 62.7 Å². The van der Waals surface area contributed by atoms with Crippen LogP contribution >= 0.6 is 0 Å². The molecule has 1 rings (SSSR count). The molecule has 1 aliphatic heterocycles. The zero-order valence-corrected chi connectivity index (χ0v) is 11.2. The SMILES string of the molecule is CCOCCCC(=O)N1CCNCC1C(=O)NC. The number of likely N-dealkylation sites (N-methyl/N-ethyl adjacent to an activating group) is 1. The first-order valence-corrected chi connectivity index (χ1v) is 6.50.